The smallest absolute Gasteiger partial charge is 0.335 e. The third kappa shape index (κ3) is 11.1. The number of aromatic amines is 2. The Morgan fingerprint density at radius 3 is 1.36 bits per heavy atom. The number of aliphatic hydroxyl groups is 1. The van der Waals surface area contributed by atoms with E-state index in [0.717, 1.165) is 16.9 Å². The maximum Gasteiger partial charge on any atom is 0.335 e. The Kier molecular flexibility index (Phi) is 18.3. The molecule has 5 aliphatic rings. The molecule has 4 unspecified atom stereocenters. The number of fused-ring (bicyclic) bond motifs is 3. The van der Waals surface area contributed by atoms with Crippen molar-refractivity contribution in [2.24, 2.45) is 0 Å². The van der Waals surface area contributed by atoms with Gasteiger partial charge in [-0.05, 0) is 44.3 Å². The predicted octanol–water partition coefficient (Wildman–Crippen LogP) is 6.04. The van der Waals surface area contributed by atoms with Crippen LogP contribution in [0.3, 0.4) is 0 Å². The second-order valence-electron chi connectivity index (χ2n) is 22.9. The van der Waals surface area contributed by atoms with E-state index in [1.807, 2.05) is 27.7 Å². The molecule has 7 heterocycles. The lowest BCUT2D eigenvalue weighted by atomic mass is 9.86. The second-order valence-corrected chi connectivity index (χ2v) is 42.3. The van der Waals surface area contributed by atoms with Crippen LogP contribution in [0.5, 0.6) is 0 Å². The monoisotopic (exact) mass is 1120 g/mol. The Hall–Kier alpha value is -2.26. The quantitative estimate of drug-likeness (QED) is 0.144. The molecule has 0 radical (unpaired) electrons. The topological polar surface area (TPSA) is 256 Å². The first-order chi connectivity index (χ1) is 33.8. The van der Waals surface area contributed by atoms with Gasteiger partial charge >= 0.3 is 45.6 Å². The van der Waals surface area contributed by atoms with Crippen LogP contribution in [0.15, 0.2) is 43.7 Å². The summed E-state index contributed by atoms with van der Waals surface area (Å²) in [6.07, 6.45) is -0.664. The standard InChI is InChI=1S/C24H44N2O10SSi2.C23H40N2O7Si2/c1-15(2)38(16(3)4)33-14-19-21(35-39(36-38,17(5)6)18(7)8)24(29,11-13-32-37(9,30)31)22(34-19)26-12-10-20(27)25-23(26)28;1-14(2)33(15(3)4)29-13-18-20(31-34(32-33,16(5)6)17(7)8)23(10-12-28-23)21(30-18)25-11-9-19(26)24-22(25)27/h10,12,15-19,21-22,29H,11,13-14H2,1-9H3,(H,25,27,28);9,11,14-18,20-21H,10,12-13H2,1-8H3,(H,24,26,27)/t19?,21-,22?,24+;18?,20-,21?,23+/m11/s1. The number of rotatable bonds is 14. The van der Waals surface area contributed by atoms with Crippen molar-refractivity contribution in [3.05, 3.63) is 66.2 Å². The average Bonchev–Trinajstić information content (AvgIpc) is 3.69. The van der Waals surface area contributed by atoms with Gasteiger partial charge in [-0.3, -0.25) is 32.9 Å². The lowest BCUT2D eigenvalue weighted by Gasteiger charge is -2.54. The molecule has 0 saturated carbocycles. The lowest BCUT2D eigenvalue weighted by molar-refractivity contribution is -0.226. The minimum atomic E-state index is -3.81. The number of H-pyrrole nitrogens is 2. The highest BCUT2D eigenvalue weighted by Crippen LogP contribution is 2.55. The second kappa shape index (κ2) is 22.2. The van der Waals surface area contributed by atoms with E-state index in [9.17, 15) is 32.7 Å². The van der Waals surface area contributed by atoms with Crippen LogP contribution >= 0.6 is 0 Å². The Bertz CT molecular complexity index is 2550. The minimum Gasteiger partial charge on any atom is -0.414 e. The van der Waals surface area contributed by atoms with Crippen molar-refractivity contribution in [3.63, 3.8) is 0 Å². The first-order valence-electron chi connectivity index (χ1n) is 26.0. The molecular formula is C47H84N4O17SSi4. The van der Waals surface area contributed by atoms with Gasteiger partial charge in [-0.1, -0.05) is 111 Å². The summed E-state index contributed by atoms with van der Waals surface area (Å²) < 4.78 is 92.2. The molecule has 3 N–H and O–H groups in total. The molecule has 416 valence electrons. The van der Waals surface area contributed by atoms with E-state index in [-0.39, 0.29) is 64.0 Å². The van der Waals surface area contributed by atoms with Crippen LogP contribution < -0.4 is 22.5 Å². The molecule has 5 fully saturated rings. The van der Waals surface area contributed by atoms with E-state index in [2.05, 4.69) is 93.1 Å². The Morgan fingerprint density at radius 2 is 1.00 bits per heavy atom. The molecule has 8 atom stereocenters. The Morgan fingerprint density at radius 1 is 0.630 bits per heavy atom. The minimum absolute atomic E-state index is 0.0395. The molecule has 5 saturated heterocycles. The van der Waals surface area contributed by atoms with Crippen LogP contribution in [0.25, 0.3) is 0 Å². The maximum atomic E-state index is 12.8. The normalized spacial score (nSPS) is 30.8. The molecule has 73 heavy (non-hydrogen) atoms. The van der Waals surface area contributed by atoms with E-state index in [4.69, 9.17) is 44.3 Å². The van der Waals surface area contributed by atoms with Crippen LogP contribution in [0, 0.1) is 0 Å². The summed E-state index contributed by atoms with van der Waals surface area (Å²) >= 11 is 0. The molecule has 1 spiro atoms. The van der Waals surface area contributed by atoms with Crippen LogP contribution in [-0.4, -0.2) is 135 Å². The van der Waals surface area contributed by atoms with Gasteiger partial charge in [0.25, 0.3) is 21.2 Å². The van der Waals surface area contributed by atoms with Crippen molar-refractivity contribution in [1.29, 1.82) is 0 Å². The molecule has 0 aliphatic carbocycles. The molecule has 2 aromatic heterocycles. The summed E-state index contributed by atoms with van der Waals surface area (Å²) in [4.78, 5) is 53.5. The van der Waals surface area contributed by atoms with Crippen LogP contribution in [0.4, 0.5) is 0 Å². The highest BCUT2D eigenvalue weighted by molar-refractivity contribution is 7.85. The van der Waals surface area contributed by atoms with Gasteiger partial charge in [0.1, 0.15) is 35.6 Å². The number of hydrogen-bond acceptors (Lipinski definition) is 17. The number of ether oxygens (including phenoxy) is 3. The highest BCUT2D eigenvalue weighted by Gasteiger charge is 2.69. The number of nitrogens with zero attached hydrogens (tertiary/aromatic N) is 2. The highest BCUT2D eigenvalue weighted by atomic mass is 32.2. The van der Waals surface area contributed by atoms with Gasteiger partial charge < -0.3 is 45.3 Å². The van der Waals surface area contributed by atoms with E-state index < -0.39 is 115 Å². The zero-order valence-electron chi connectivity index (χ0n) is 45.9. The van der Waals surface area contributed by atoms with Crippen molar-refractivity contribution in [2.45, 2.75) is 216 Å². The molecule has 21 nitrogen and oxygen atoms in total. The van der Waals surface area contributed by atoms with E-state index >= 15 is 0 Å². The summed E-state index contributed by atoms with van der Waals surface area (Å²) in [5, 5.41) is 12.3. The first-order valence-corrected chi connectivity index (χ1v) is 35.7. The average molecular weight is 1120 g/mol. The maximum absolute atomic E-state index is 12.8. The van der Waals surface area contributed by atoms with E-state index in [0.29, 0.717) is 19.6 Å². The first kappa shape index (κ1) is 60.0. The Balaban J connectivity index is 0.000000240. The largest absolute Gasteiger partial charge is 0.414 e. The van der Waals surface area contributed by atoms with Gasteiger partial charge in [-0.25, -0.2) is 9.59 Å². The zero-order chi connectivity index (χ0) is 54.6. The van der Waals surface area contributed by atoms with E-state index in [1.54, 1.807) is 0 Å². The van der Waals surface area contributed by atoms with Gasteiger partial charge in [0.2, 0.25) is 0 Å². The Labute approximate surface area is 434 Å². The van der Waals surface area contributed by atoms with Crippen molar-refractivity contribution < 1.29 is 57.9 Å². The molecule has 26 heteroatoms. The molecule has 2 aromatic rings. The summed E-state index contributed by atoms with van der Waals surface area (Å²) in [5.41, 5.74) is -4.24. The van der Waals surface area contributed by atoms with Crippen molar-refractivity contribution in [1.82, 2.24) is 19.1 Å². The zero-order valence-corrected chi connectivity index (χ0v) is 50.7. The SMILES string of the molecule is CC(C)[Si]1(C(C)C)OCC2OC(n3ccc(=O)[nH]c3=O)[C@](O)(CCOS(C)(=O)=O)[C@@H]2O[Si](C(C)C)(C(C)C)O1.CC(C)[Si]1(C(C)C)OCC2OC(n3ccc(=O)[nH]c3=O)[C@]3(CCO3)[C@@H]2O[Si](C(C)C)(C(C)C)O1. The van der Waals surface area contributed by atoms with Crippen LogP contribution in [0.1, 0.15) is 136 Å². The number of aromatic nitrogens is 4. The fraction of sp³-hybridized carbons (Fsp3) is 0.830. The molecule has 0 bridgehead atoms. The van der Waals surface area contributed by atoms with Crippen molar-refractivity contribution in [2.75, 3.05) is 32.7 Å². The van der Waals surface area contributed by atoms with Crippen molar-refractivity contribution >= 4 is 44.4 Å². The molecular weight excluding hydrogens is 1040 g/mol. The lowest BCUT2D eigenvalue weighted by Crippen LogP contribution is -2.68. The van der Waals surface area contributed by atoms with Crippen LogP contribution in [0.2, 0.25) is 44.3 Å². The van der Waals surface area contributed by atoms with Gasteiger partial charge in [0.15, 0.2) is 12.5 Å². The molecule has 0 amide bonds. The van der Waals surface area contributed by atoms with Gasteiger partial charge in [0, 0.05) is 37.4 Å². The van der Waals surface area contributed by atoms with Crippen molar-refractivity contribution in [3.8, 4) is 0 Å². The molecule has 5 aliphatic heterocycles. The van der Waals surface area contributed by atoms with Crippen LogP contribution in [-0.2, 0) is 54.4 Å². The summed E-state index contributed by atoms with van der Waals surface area (Å²) in [6, 6.07) is 2.48. The summed E-state index contributed by atoms with van der Waals surface area (Å²) in [5.74, 6) is 0. The third-order valence-corrected chi connectivity index (χ3v) is 36.7. The number of hydrogen-bond donors (Lipinski definition) is 3. The van der Waals surface area contributed by atoms with E-state index in [1.165, 1.54) is 23.0 Å². The predicted molar refractivity (Wildman–Crippen MR) is 282 cm³/mol. The number of nitrogens with one attached hydrogen (secondary N) is 2. The molecule has 0 aromatic carbocycles. The van der Waals surface area contributed by atoms with Gasteiger partial charge in [-0.2, -0.15) is 8.42 Å². The molecule has 7 rings (SSSR count). The fourth-order valence-electron chi connectivity index (χ4n) is 11.7. The third-order valence-electron chi connectivity index (χ3n) is 15.6. The summed E-state index contributed by atoms with van der Waals surface area (Å²) in [7, 11) is -15.5. The fourth-order valence-corrected chi connectivity index (χ4v) is 34.6. The summed E-state index contributed by atoms with van der Waals surface area (Å²) in [6.45, 7) is 34.4. The van der Waals surface area contributed by atoms with Gasteiger partial charge in [-0.15, -0.1) is 0 Å². The van der Waals surface area contributed by atoms with Gasteiger partial charge in [0.05, 0.1) is 32.7 Å².